The van der Waals surface area contributed by atoms with Crippen molar-refractivity contribution in [1.29, 1.82) is 0 Å². The van der Waals surface area contributed by atoms with Crippen molar-refractivity contribution in [2.75, 3.05) is 34.3 Å². The van der Waals surface area contributed by atoms with Crippen LogP contribution in [0.4, 0.5) is 0 Å². The second kappa shape index (κ2) is 24.0. The molecule has 0 bridgehead atoms. The number of cyclic esters (lactones) is 1. The van der Waals surface area contributed by atoms with Crippen molar-refractivity contribution in [2.24, 2.45) is 0 Å². The first-order valence-electron chi connectivity index (χ1n) is 26.3. The second-order valence-corrected chi connectivity index (χ2v) is 39.8. The molecule has 0 atom stereocenters. The van der Waals surface area contributed by atoms with Gasteiger partial charge in [0.25, 0.3) is 0 Å². The molecule has 434 valence electrons. The first-order valence-corrected chi connectivity index (χ1v) is 35.8. The molecule has 17 nitrogen and oxygen atoms in total. The molecular weight excluding hydrogens is 1130 g/mol. The number of esters is 2. The molecule has 0 aliphatic carbocycles. The fourth-order valence-corrected chi connectivity index (χ4v) is 11.3. The van der Waals surface area contributed by atoms with Crippen LogP contribution in [0.15, 0.2) is 28.7 Å². The molecule has 9 rings (SSSR count). The van der Waals surface area contributed by atoms with E-state index >= 15 is 0 Å². The zero-order chi connectivity index (χ0) is 59.0. The number of hydrogen-bond donors (Lipinski definition) is 1. The van der Waals surface area contributed by atoms with Crippen molar-refractivity contribution in [1.82, 2.24) is 0 Å². The quantitative estimate of drug-likeness (QED) is 0.110. The lowest BCUT2D eigenvalue weighted by Gasteiger charge is -2.36. The lowest BCUT2D eigenvalue weighted by molar-refractivity contribution is 0.0531. The number of benzene rings is 4. The van der Waals surface area contributed by atoms with Crippen LogP contribution in [0, 0.1) is 27.7 Å². The lowest BCUT2D eigenvalue weighted by atomic mass is 10.0. The van der Waals surface area contributed by atoms with Crippen LogP contribution in [0.25, 0.3) is 0 Å². The summed E-state index contributed by atoms with van der Waals surface area (Å²) >= 11 is 3.65. The Morgan fingerprint density at radius 3 is 1.27 bits per heavy atom. The smallest absolute Gasteiger partial charge is 0.339 e. The molecule has 21 heteroatoms. The number of methoxy groups -OCH3 is 1. The molecular formula is C58H81BrO17Si3. The van der Waals surface area contributed by atoms with E-state index in [1.165, 1.54) is 7.11 Å². The molecule has 1 N–H and O–H groups in total. The molecule has 5 heterocycles. The highest BCUT2D eigenvalue weighted by atomic mass is 79.9. The van der Waals surface area contributed by atoms with Crippen molar-refractivity contribution in [3.8, 4) is 46.0 Å². The summed E-state index contributed by atoms with van der Waals surface area (Å²) in [6, 6.07) is 7.34. The molecule has 0 saturated heterocycles. The maximum atomic E-state index is 12.2. The number of carbonyl (C=O) groups excluding carboxylic acids is 2. The Kier molecular flexibility index (Phi) is 19.1. The van der Waals surface area contributed by atoms with Crippen LogP contribution in [-0.4, -0.2) is 82.2 Å². The van der Waals surface area contributed by atoms with Gasteiger partial charge in [0.05, 0.1) is 49.2 Å². The number of fused-ring (bicyclic) bond motifs is 6. The first-order chi connectivity index (χ1) is 36.5. The summed E-state index contributed by atoms with van der Waals surface area (Å²) in [6.45, 7) is 42.6. The van der Waals surface area contributed by atoms with E-state index < -0.39 is 30.9 Å². The van der Waals surface area contributed by atoms with Crippen LogP contribution in [0.2, 0.25) is 54.4 Å². The number of aromatic carboxylic acids is 1. The van der Waals surface area contributed by atoms with E-state index in [2.05, 4.69) is 124 Å². The van der Waals surface area contributed by atoms with E-state index in [-0.39, 0.29) is 66.4 Å². The highest BCUT2D eigenvalue weighted by Crippen LogP contribution is 2.47. The minimum Gasteiger partial charge on any atom is -0.478 e. The Morgan fingerprint density at radius 1 is 0.519 bits per heavy atom. The van der Waals surface area contributed by atoms with Gasteiger partial charge < -0.3 is 65.8 Å². The summed E-state index contributed by atoms with van der Waals surface area (Å²) < 4.78 is 73.3. The zero-order valence-corrected chi connectivity index (χ0v) is 54.4. The summed E-state index contributed by atoms with van der Waals surface area (Å²) in [7, 11) is -4.34. The number of ether oxygens (including phenoxy) is 10. The van der Waals surface area contributed by atoms with Gasteiger partial charge in [-0.15, -0.1) is 0 Å². The van der Waals surface area contributed by atoms with Gasteiger partial charge in [0, 0.05) is 21.2 Å². The van der Waals surface area contributed by atoms with Crippen LogP contribution in [0.1, 0.15) is 138 Å². The van der Waals surface area contributed by atoms with Gasteiger partial charge in [-0.2, -0.15) is 0 Å². The Hall–Kier alpha value is -5.30. The largest absolute Gasteiger partial charge is 0.478 e. The minimum atomic E-state index is -1.98. The molecule has 0 amide bonds. The molecule has 0 saturated carbocycles. The van der Waals surface area contributed by atoms with E-state index in [9.17, 15) is 19.5 Å². The van der Waals surface area contributed by atoms with Gasteiger partial charge in [0.1, 0.15) is 6.61 Å². The predicted molar refractivity (Wildman–Crippen MR) is 310 cm³/mol. The number of aryl methyl sites for hydroxylation is 4. The SMILES string of the molecule is COC(=O)c1c(C)cc2c(c1CO[Si](C)(C)C(C)(C)C)OCO2.Cc1cc2c(c(CO[Si](C)(C)C(C)(C)C)c1Br)OCO2.Cc1cc2c(c(CO[Si](C)(C)C(C)(C)C)c1C(=O)O)OCO2.Cc1cc2c(c3c1C(=O)OC3)OCO2. The molecule has 4 aromatic rings. The molecule has 0 fully saturated rings. The standard InChI is InChI=1S/C17H26O5Si.C16H24O5Si.C15H23BrO3Si.C10H8O4/c1-11-8-13-15(21-10-20-13)12(14(11)16(18)19-5)9-22-23(6,7)17(2,3)4;1-10-7-12-14(20-9-19-12)11(13(10)15(17)18)8-21-22(5,6)16(2,3)4;1-10-7-12-14(18-9-17-12)11(13(10)16)8-19-20(5,6)15(2,3)4;1-5-2-7-9(14-4-13-7)6-3-12-10(11)8(5)6/h8H,9-10H2,1-7H3;7H,8-9H2,1-6H3,(H,17,18);7H,8-9H2,1-6H3;2H,3-4H2,1H3. The van der Waals surface area contributed by atoms with Crippen LogP contribution in [0.3, 0.4) is 0 Å². The van der Waals surface area contributed by atoms with Gasteiger partial charge in [-0.05, 0) is 129 Å². The third-order valence-electron chi connectivity index (χ3n) is 16.1. The maximum Gasteiger partial charge on any atom is 0.339 e. The van der Waals surface area contributed by atoms with E-state index in [1.54, 1.807) is 13.0 Å². The Balaban J connectivity index is 0.000000172. The highest BCUT2D eigenvalue weighted by Gasteiger charge is 2.41. The minimum absolute atomic E-state index is 0.0563. The van der Waals surface area contributed by atoms with E-state index in [0.717, 1.165) is 43.8 Å². The van der Waals surface area contributed by atoms with Gasteiger partial charge >= 0.3 is 17.9 Å². The van der Waals surface area contributed by atoms with Crippen molar-refractivity contribution in [2.45, 2.75) is 171 Å². The highest BCUT2D eigenvalue weighted by molar-refractivity contribution is 9.10. The lowest BCUT2D eigenvalue weighted by Crippen LogP contribution is -2.40. The number of hydrogen-bond acceptors (Lipinski definition) is 16. The average molecular weight is 1210 g/mol. The first kappa shape index (κ1) is 62.9. The molecule has 79 heavy (non-hydrogen) atoms. The van der Waals surface area contributed by atoms with Crippen molar-refractivity contribution in [3.05, 3.63) is 89.9 Å². The zero-order valence-electron chi connectivity index (χ0n) is 49.8. The summed E-state index contributed by atoms with van der Waals surface area (Å²) in [5, 5.41) is 9.87. The molecule has 0 unspecified atom stereocenters. The number of rotatable bonds is 11. The number of carboxylic acid groups (broad SMARTS) is 1. The van der Waals surface area contributed by atoms with Crippen LogP contribution >= 0.6 is 15.9 Å². The maximum absolute atomic E-state index is 12.2. The van der Waals surface area contributed by atoms with Crippen molar-refractivity contribution in [3.63, 3.8) is 0 Å². The molecule has 5 aliphatic rings. The van der Waals surface area contributed by atoms with Gasteiger partial charge in [-0.25, -0.2) is 14.4 Å². The number of halogens is 1. The van der Waals surface area contributed by atoms with Crippen LogP contribution < -0.4 is 37.9 Å². The molecule has 5 aliphatic heterocycles. The number of carbonyl (C=O) groups is 3. The average Bonchev–Trinajstić information content (AvgIpc) is 4.30. The number of carboxylic acids is 1. The Labute approximate surface area is 477 Å². The van der Waals surface area contributed by atoms with Crippen LogP contribution in [0.5, 0.6) is 46.0 Å². The monoisotopic (exact) mass is 1210 g/mol. The summed E-state index contributed by atoms with van der Waals surface area (Å²) in [4.78, 5) is 35.2. The van der Waals surface area contributed by atoms with Crippen molar-refractivity contribution >= 4 is 58.8 Å². The van der Waals surface area contributed by atoms with E-state index in [0.29, 0.717) is 82.1 Å². The van der Waals surface area contributed by atoms with Gasteiger partial charge in [0.15, 0.2) is 70.9 Å². The predicted octanol–water partition coefficient (Wildman–Crippen LogP) is 14.4. The third kappa shape index (κ3) is 13.7. The summed E-state index contributed by atoms with van der Waals surface area (Å²) in [6.07, 6.45) is 0. The molecule has 0 aromatic heterocycles. The van der Waals surface area contributed by atoms with E-state index in [1.807, 2.05) is 32.0 Å². The Morgan fingerprint density at radius 2 is 0.861 bits per heavy atom. The fourth-order valence-electron chi connectivity index (χ4n) is 8.11. The molecule has 0 radical (unpaired) electrons. The third-order valence-corrected chi connectivity index (χ3v) is 30.6. The summed E-state index contributed by atoms with van der Waals surface area (Å²) in [5.74, 6) is 3.74. The normalized spacial score (nSPS) is 14.8. The fraction of sp³-hybridized carbons (Fsp3) is 0.534. The Bertz CT molecular complexity index is 2970. The van der Waals surface area contributed by atoms with Crippen LogP contribution in [-0.2, 0) is 49.2 Å². The molecule has 4 aromatic carbocycles. The van der Waals surface area contributed by atoms with E-state index in [4.69, 9.17) is 60.6 Å². The summed E-state index contributed by atoms with van der Waals surface area (Å²) in [5.41, 5.74) is 8.05. The van der Waals surface area contributed by atoms with Gasteiger partial charge in [0.2, 0.25) is 27.2 Å². The topological polar surface area (TPSA) is 191 Å². The van der Waals surface area contributed by atoms with Gasteiger partial charge in [-0.1, -0.05) is 78.2 Å². The van der Waals surface area contributed by atoms with Crippen molar-refractivity contribution < 1.29 is 80.1 Å². The second-order valence-electron chi connectivity index (χ2n) is 24.6. The van der Waals surface area contributed by atoms with Gasteiger partial charge in [-0.3, -0.25) is 0 Å². The molecule has 0 spiro atoms.